The van der Waals surface area contributed by atoms with E-state index in [4.69, 9.17) is 4.42 Å². The highest BCUT2D eigenvalue weighted by atomic mass is 16.3. The predicted octanol–water partition coefficient (Wildman–Crippen LogP) is 2.31. The number of guanidine groups is 1. The number of aliphatic hydroxyl groups is 1. The molecule has 0 aliphatic heterocycles. The number of nitrogens with zero attached hydrogens (tertiary/aromatic N) is 2. The summed E-state index contributed by atoms with van der Waals surface area (Å²) < 4.78 is 5.55. The molecule has 1 aromatic heterocycles. The molecule has 2 rings (SSSR count). The number of furan rings is 1. The number of aryl methyl sites for hydroxylation is 2. The molecule has 158 valence electrons. The van der Waals surface area contributed by atoms with Gasteiger partial charge in [0.05, 0.1) is 12.0 Å². The fraction of sp³-hybridized carbons (Fsp3) is 0.714. The molecule has 3 N–H and O–H groups in total. The number of carbonyl (C=O) groups is 1. The first-order valence-electron chi connectivity index (χ1n) is 10.1. The Morgan fingerprint density at radius 3 is 2.46 bits per heavy atom. The molecule has 1 aromatic rings. The van der Waals surface area contributed by atoms with Crippen LogP contribution in [0.4, 0.5) is 0 Å². The molecule has 1 fully saturated rings. The molecule has 1 atom stereocenters. The van der Waals surface area contributed by atoms with Crippen molar-refractivity contribution in [2.45, 2.75) is 59.0 Å². The van der Waals surface area contributed by atoms with Crippen molar-refractivity contribution in [3.05, 3.63) is 23.2 Å². The number of hydrogen-bond donors (Lipinski definition) is 3. The van der Waals surface area contributed by atoms with Crippen molar-refractivity contribution in [3.8, 4) is 0 Å². The number of amides is 1. The Hall–Kier alpha value is -2.02. The quantitative estimate of drug-likeness (QED) is 0.489. The monoisotopic (exact) mass is 392 g/mol. The van der Waals surface area contributed by atoms with Crippen LogP contribution in [-0.2, 0) is 10.4 Å². The van der Waals surface area contributed by atoms with E-state index in [2.05, 4.69) is 15.6 Å². The molecule has 0 spiro atoms. The summed E-state index contributed by atoms with van der Waals surface area (Å²) in [5, 5.41) is 17.5. The third-order valence-electron chi connectivity index (χ3n) is 5.53. The van der Waals surface area contributed by atoms with Crippen molar-refractivity contribution < 1.29 is 14.3 Å². The standard InChI is InChI=1S/C21H36N4O3/c1-7-22-19(23-13-20(4,27)17-12-15(2)28-16(17)3)24-14-21(10-8-9-11-21)18(26)25(5)6/h12,27H,7-11,13-14H2,1-6H3,(H2,22,23,24). The van der Waals surface area contributed by atoms with E-state index in [0.29, 0.717) is 24.8 Å². The predicted molar refractivity (Wildman–Crippen MR) is 111 cm³/mol. The third-order valence-corrected chi connectivity index (χ3v) is 5.53. The maximum Gasteiger partial charge on any atom is 0.230 e. The summed E-state index contributed by atoms with van der Waals surface area (Å²) in [4.78, 5) is 19.0. The highest BCUT2D eigenvalue weighted by Gasteiger charge is 2.42. The first-order chi connectivity index (χ1) is 13.1. The molecular formula is C21H36N4O3. The van der Waals surface area contributed by atoms with Crippen molar-refractivity contribution in [1.29, 1.82) is 0 Å². The van der Waals surface area contributed by atoms with E-state index >= 15 is 0 Å². The average molecular weight is 393 g/mol. The fourth-order valence-electron chi connectivity index (χ4n) is 4.07. The number of nitrogens with one attached hydrogen (secondary N) is 2. The van der Waals surface area contributed by atoms with Crippen LogP contribution < -0.4 is 10.6 Å². The van der Waals surface area contributed by atoms with E-state index < -0.39 is 5.60 Å². The molecule has 0 radical (unpaired) electrons. The van der Waals surface area contributed by atoms with Gasteiger partial charge in [0.25, 0.3) is 0 Å². The van der Waals surface area contributed by atoms with Gasteiger partial charge in [-0.2, -0.15) is 0 Å². The number of hydrogen-bond acceptors (Lipinski definition) is 4. The Morgan fingerprint density at radius 2 is 1.96 bits per heavy atom. The minimum atomic E-state index is -1.13. The van der Waals surface area contributed by atoms with Crippen LogP contribution in [0.25, 0.3) is 0 Å². The molecule has 7 nitrogen and oxygen atoms in total. The Labute approximate surface area is 168 Å². The second-order valence-corrected chi connectivity index (χ2v) is 8.34. The second kappa shape index (κ2) is 8.99. The molecule has 1 aliphatic rings. The summed E-state index contributed by atoms with van der Waals surface area (Å²) in [5.74, 6) is 2.26. The molecule has 1 aliphatic carbocycles. The van der Waals surface area contributed by atoms with Crippen LogP contribution in [0.15, 0.2) is 15.5 Å². The van der Waals surface area contributed by atoms with Gasteiger partial charge >= 0.3 is 0 Å². The molecule has 1 unspecified atom stereocenters. The van der Waals surface area contributed by atoms with E-state index in [0.717, 1.165) is 37.0 Å². The third kappa shape index (κ3) is 5.07. The van der Waals surface area contributed by atoms with Gasteiger partial charge in [0.2, 0.25) is 5.91 Å². The zero-order chi connectivity index (χ0) is 20.9. The SMILES string of the molecule is CCNC(=NCC(C)(O)c1cc(C)oc1C)NCC1(C(=O)N(C)C)CCCC1. The molecule has 0 aromatic carbocycles. The maximum atomic E-state index is 12.8. The molecule has 1 saturated carbocycles. The van der Waals surface area contributed by atoms with E-state index in [1.54, 1.807) is 11.8 Å². The van der Waals surface area contributed by atoms with Gasteiger partial charge in [0, 0.05) is 32.7 Å². The zero-order valence-corrected chi connectivity index (χ0v) is 18.2. The van der Waals surface area contributed by atoms with Gasteiger partial charge in [-0.1, -0.05) is 12.8 Å². The van der Waals surface area contributed by atoms with E-state index in [9.17, 15) is 9.90 Å². The van der Waals surface area contributed by atoms with Crippen LogP contribution in [0, 0.1) is 19.3 Å². The molecule has 7 heteroatoms. The molecule has 1 heterocycles. The molecule has 1 amide bonds. The lowest BCUT2D eigenvalue weighted by atomic mass is 9.84. The lowest BCUT2D eigenvalue weighted by Gasteiger charge is -2.31. The van der Waals surface area contributed by atoms with Crippen molar-refractivity contribution >= 4 is 11.9 Å². The molecule has 28 heavy (non-hydrogen) atoms. The van der Waals surface area contributed by atoms with Gasteiger partial charge in [0.1, 0.15) is 17.1 Å². The Kier molecular flexibility index (Phi) is 7.15. The molecule has 0 bridgehead atoms. The van der Waals surface area contributed by atoms with Crippen molar-refractivity contribution in [2.75, 3.05) is 33.7 Å². The van der Waals surface area contributed by atoms with Crippen LogP contribution in [0.5, 0.6) is 0 Å². The van der Waals surface area contributed by atoms with Gasteiger partial charge in [-0.3, -0.25) is 4.79 Å². The highest BCUT2D eigenvalue weighted by molar-refractivity contribution is 5.85. The number of carbonyl (C=O) groups excluding carboxylic acids is 1. The molecule has 0 saturated heterocycles. The highest BCUT2D eigenvalue weighted by Crippen LogP contribution is 2.39. The summed E-state index contributed by atoms with van der Waals surface area (Å²) in [5.41, 5.74) is -0.755. The van der Waals surface area contributed by atoms with Gasteiger partial charge in [-0.15, -0.1) is 0 Å². The summed E-state index contributed by atoms with van der Waals surface area (Å²) in [7, 11) is 3.63. The van der Waals surface area contributed by atoms with Crippen molar-refractivity contribution in [3.63, 3.8) is 0 Å². The van der Waals surface area contributed by atoms with E-state index in [1.165, 1.54) is 0 Å². The Morgan fingerprint density at radius 1 is 1.32 bits per heavy atom. The van der Waals surface area contributed by atoms with Gasteiger partial charge in [0.15, 0.2) is 5.96 Å². The van der Waals surface area contributed by atoms with Crippen molar-refractivity contribution in [1.82, 2.24) is 15.5 Å². The Bertz CT molecular complexity index is 701. The first-order valence-corrected chi connectivity index (χ1v) is 10.1. The van der Waals surface area contributed by atoms with Crippen LogP contribution >= 0.6 is 0 Å². The fourth-order valence-corrected chi connectivity index (χ4v) is 4.07. The van der Waals surface area contributed by atoms with Crippen LogP contribution in [0.1, 0.15) is 56.6 Å². The summed E-state index contributed by atoms with van der Waals surface area (Å²) in [6, 6.07) is 1.86. The molecular weight excluding hydrogens is 356 g/mol. The van der Waals surface area contributed by atoms with Gasteiger partial charge in [-0.25, -0.2) is 4.99 Å². The number of aliphatic imine (C=N–C) groups is 1. The Balaban J connectivity index is 2.11. The average Bonchev–Trinajstić information content (AvgIpc) is 3.24. The second-order valence-electron chi connectivity index (χ2n) is 8.34. The largest absolute Gasteiger partial charge is 0.466 e. The minimum Gasteiger partial charge on any atom is -0.466 e. The van der Waals surface area contributed by atoms with Gasteiger partial charge < -0.3 is 25.1 Å². The summed E-state index contributed by atoms with van der Waals surface area (Å²) >= 11 is 0. The first kappa shape index (κ1) is 22.3. The topological polar surface area (TPSA) is 90.1 Å². The maximum absolute atomic E-state index is 12.8. The van der Waals surface area contributed by atoms with Crippen LogP contribution in [0.3, 0.4) is 0 Å². The van der Waals surface area contributed by atoms with E-state index in [-0.39, 0.29) is 17.9 Å². The van der Waals surface area contributed by atoms with E-state index in [1.807, 2.05) is 40.9 Å². The lowest BCUT2D eigenvalue weighted by molar-refractivity contribution is -0.138. The number of rotatable bonds is 7. The zero-order valence-electron chi connectivity index (χ0n) is 18.2. The lowest BCUT2D eigenvalue weighted by Crippen LogP contribution is -2.49. The van der Waals surface area contributed by atoms with Crippen molar-refractivity contribution in [2.24, 2.45) is 10.4 Å². The smallest absolute Gasteiger partial charge is 0.230 e. The van der Waals surface area contributed by atoms with Crippen LogP contribution in [-0.4, -0.2) is 55.6 Å². The summed E-state index contributed by atoms with van der Waals surface area (Å²) in [6.07, 6.45) is 3.93. The van der Waals surface area contributed by atoms with Crippen LogP contribution in [0.2, 0.25) is 0 Å². The minimum absolute atomic E-state index is 0.171. The van der Waals surface area contributed by atoms with Gasteiger partial charge in [-0.05, 0) is 46.6 Å². The normalized spacial score (nSPS) is 18.6. The summed E-state index contributed by atoms with van der Waals surface area (Å²) in [6.45, 7) is 8.89.